The molecule has 1 rings (SSSR count). The molecule has 0 aliphatic heterocycles. The maximum Gasteiger partial charge on any atom is 0.336 e. The fourth-order valence-electron chi connectivity index (χ4n) is 1.99. The molecule has 23 heavy (non-hydrogen) atoms. The molecule has 0 radical (unpaired) electrons. The van der Waals surface area contributed by atoms with Crippen LogP contribution >= 0.6 is 0 Å². The van der Waals surface area contributed by atoms with Crippen molar-refractivity contribution in [2.75, 3.05) is 13.2 Å². The van der Waals surface area contributed by atoms with E-state index in [4.69, 9.17) is 9.47 Å². The van der Waals surface area contributed by atoms with E-state index in [2.05, 4.69) is 6.92 Å². The monoisotopic (exact) mass is 318 g/mol. The van der Waals surface area contributed by atoms with Crippen LogP contribution in [0.1, 0.15) is 58.9 Å². The lowest BCUT2D eigenvalue weighted by Crippen LogP contribution is -2.23. The zero-order valence-corrected chi connectivity index (χ0v) is 14.9. The Kier molecular flexibility index (Phi) is 8.64. The molecular weight excluding hydrogens is 288 g/mol. The molecule has 0 spiro atoms. The summed E-state index contributed by atoms with van der Waals surface area (Å²) in [5, 5.41) is 0. The molecule has 0 aromatic heterocycles. The van der Waals surface area contributed by atoms with Gasteiger partial charge in [-0.3, -0.25) is 0 Å². The third kappa shape index (κ3) is 9.19. The van der Waals surface area contributed by atoms with Gasteiger partial charge in [0.15, 0.2) is 0 Å². The number of carbonyl (C=O) groups is 1. The summed E-state index contributed by atoms with van der Waals surface area (Å²) in [5.41, 5.74) is 1.24. The first-order valence-corrected chi connectivity index (χ1v) is 8.49. The molecule has 3 heteroatoms. The van der Waals surface area contributed by atoms with E-state index < -0.39 is 0 Å². The van der Waals surface area contributed by atoms with Crippen LogP contribution in [0.2, 0.25) is 0 Å². The van der Waals surface area contributed by atoms with Crippen molar-refractivity contribution in [2.45, 2.75) is 59.0 Å². The number of unbranched alkanes of at least 4 members (excludes halogenated alkanes) is 3. The van der Waals surface area contributed by atoms with Gasteiger partial charge in [-0.05, 0) is 38.8 Å². The summed E-state index contributed by atoms with van der Waals surface area (Å²) in [6.07, 6.45) is 6.21. The average molecular weight is 318 g/mol. The lowest BCUT2D eigenvalue weighted by atomic mass is 10.1. The van der Waals surface area contributed by atoms with Crippen LogP contribution < -0.4 is 0 Å². The molecule has 0 amide bonds. The van der Waals surface area contributed by atoms with E-state index in [0.717, 1.165) is 18.4 Å². The Morgan fingerprint density at radius 2 is 1.78 bits per heavy atom. The minimum absolute atomic E-state index is 0.256. The van der Waals surface area contributed by atoms with Gasteiger partial charge in [0.2, 0.25) is 0 Å². The Morgan fingerprint density at radius 1 is 1.09 bits per heavy atom. The van der Waals surface area contributed by atoms with Gasteiger partial charge in [-0.2, -0.15) is 0 Å². The van der Waals surface area contributed by atoms with Crippen molar-refractivity contribution in [3.8, 4) is 0 Å². The third-order valence-electron chi connectivity index (χ3n) is 3.29. The maximum atomic E-state index is 12.3. The van der Waals surface area contributed by atoms with Gasteiger partial charge in [-0.15, -0.1) is 0 Å². The normalized spacial score (nSPS) is 12.3. The van der Waals surface area contributed by atoms with E-state index in [1.165, 1.54) is 12.8 Å². The summed E-state index contributed by atoms with van der Waals surface area (Å²) >= 11 is 0. The van der Waals surface area contributed by atoms with Gasteiger partial charge in [-0.25, -0.2) is 4.79 Å². The Morgan fingerprint density at radius 3 is 2.39 bits per heavy atom. The van der Waals surface area contributed by atoms with Crippen molar-refractivity contribution in [1.29, 1.82) is 0 Å². The Hall–Kier alpha value is -1.61. The molecule has 128 valence electrons. The van der Waals surface area contributed by atoms with E-state index in [0.29, 0.717) is 12.2 Å². The predicted octanol–water partition coefficient (Wildman–Crippen LogP) is 5.01. The van der Waals surface area contributed by atoms with Gasteiger partial charge in [0.25, 0.3) is 0 Å². The van der Waals surface area contributed by atoms with Crippen LogP contribution in [0.4, 0.5) is 0 Å². The molecule has 1 aromatic carbocycles. The van der Waals surface area contributed by atoms with Crippen molar-refractivity contribution < 1.29 is 14.3 Å². The van der Waals surface area contributed by atoms with Gasteiger partial charge in [0, 0.05) is 0 Å². The average Bonchev–Trinajstić information content (AvgIpc) is 2.51. The molecule has 0 unspecified atom stereocenters. The molecule has 0 saturated heterocycles. The second-order valence-electron chi connectivity index (χ2n) is 6.68. The lowest BCUT2D eigenvalue weighted by Gasteiger charge is -2.20. The van der Waals surface area contributed by atoms with E-state index in [1.54, 1.807) is 0 Å². The first-order chi connectivity index (χ1) is 10.9. The van der Waals surface area contributed by atoms with Crippen molar-refractivity contribution in [3.05, 3.63) is 41.5 Å². The van der Waals surface area contributed by atoms with Crippen molar-refractivity contribution in [3.63, 3.8) is 0 Å². The zero-order valence-electron chi connectivity index (χ0n) is 14.9. The molecule has 0 bridgehead atoms. The third-order valence-corrected chi connectivity index (χ3v) is 3.29. The SMILES string of the molecule is CCCCCCOC(=O)C(=Cc1ccccc1)COC(C)(C)C. The van der Waals surface area contributed by atoms with Gasteiger partial charge in [-0.1, -0.05) is 56.5 Å². The van der Waals surface area contributed by atoms with Gasteiger partial charge < -0.3 is 9.47 Å². The maximum absolute atomic E-state index is 12.3. The minimum atomic E-state index is -0.294. The van der Waals surface area contributed by atoms with Crippen LogP contribution in [-0.2, 0) is 14.3 Å². The molecule has 0 N–H and O–H groups in total. The van der Waals surface area contributed by atoms with Crippen molar-refractivity contribution in [2.24, 2.45) is 0 Å². The zero-order chi connectivity index (χ0) is 17.1. The number of carbonyl (C=O) groups excluding carboxylic acids is 1. The fraction of sp³-hybridized carbons (Fsp3) is 0.550. The molecule has 0 aliphatic rings. The Balaban J connectivity index is 2.66. The summed E-state index contributed by atoms with van der Waals surface area (Å²) < 4.78 is 11.2. The highest BCUT2D eigenvalue weighted by Gasteiger charge is 2.16. The van der Waals surface area contributed by atoms with Gasteiger partial charge >= 0.3 is 5.97 Å². The molecule has 3 nitrogen and oxygen atoms in total. The summed E-state index contributed by atoms with van der Waals surface area (Å²) in [4.78, 5) is 12.3. The van der Waals surface area contributed by atoms with Crippen molar-refractivity contribution in [1.82, 2.24) is 0 Å². The second kappa shape index (κ2) is 10.2. The quantitative estimate of drug-likeness (QED) is 0.365. The molecule has 0 saturated carbocycles. The topological polar surface area (TPSA) is 35.5 Å². The van der Waals surface area contributed by atoms with E-state index in [1.807, 2.05) is 57.2 Å². The molecular formula is C20H30O3. The molecule has 0 aliphatic carbocycles. The van der Waals surface area contributed by atoms with E-state index >= 15 is 0 Å². The summed E-state index contributed by atoms with van der Waals surface area (Å²) in [6, 6.07) is 9.78. The van der Waals surface area contributed by atoms with Crippen LogP contribution in [0.25, 0.3) is 6.08 Å². The highest BCUT2D eigenvalue weighted by molar-refractivity contribution is 5.94. The highest BCUT2D eigenvalue weighted by Crippen LogP contribution is 2.14. The standard InChI is InChI=1S/C20H30O3/c1-5-6-7-11-14-22-19(21)18(16-23-20(2,3)4)15-17-12-9-8-10-13-17/h8-10,12-13,15H,5-7,11,14,16H2,1-4H3. The lowest BCUT2D eigenvalue weighted by molar-refractivity contribution is -0.140. The number of rotatable bonds is 9. The second-order valence-corrected chi connectivity index (χ2v) is 6.68. The first kappa shape index (κ1) is 19.4. The molecule has 0 fully saturated rings. The Labute approximate surface area is 140 Å². The first-order valence-electron chi connectivity index (χ1n) is 8.49. The number of hydrogen-bond donors (Lipinski definition) is 0. The number of ether oxygens (including phenoxy) is 2. The van der Waals surface area contributed by atoms with E-state index in [9.17, 15) is 4.79 Å². The smallest absolute Gasteiger partial charge is 0.336 e. The van der Waals surface area contributed by atoms with E-state index in [-0.39, 0.29) is 18.2 Å². The van der Waals surface area contributed by atoms with Gasteiger partial charge in [0.1, 0.15) is 0 Å². The van der Waals surface area contributed by atoms with Crippen LogP contribution in [-0.4, -0.2) is 24.8 Å². The highest BCUT2D eigenvalue weighted by atomic mass is 16.5. The number of esters is 1. The van der Waals surface area contributed by atoms with Gasteiger partial charge in [0.05, 0.1) is 24.4 Å². The number of hydrogen-bond acceptors (Lipinski definition) is 3. The van der Waals surface area contributed by atoms with Crippen LogP contribution in [0, 0.1) is 0 Å². The fourth-order valence-corrected chi connectivity index (χ4v) is 1.99. The molecule has 0 atom stereocenters. The largest absolute Gasteiger partial charge is 0.462 e. The predicted molar refractivity (Wildman–Crippen MR) is 95.2 cm³/mol. The van der Waals surface area contributed by atoms with Crippen molar-refractivity contribution >= 4 is 12.0 Å². The Bertz CT molecular complexity index is 483. The number of benzene rings is 1. The summed E-state index contributed by atoms with van der Waals surface area (Å²) in [5.74, 6) is -0.283. The molecule has 0 heterocycles. The van der Waals surface area contributed by atoms with Crippen LogP contribution in [0.5, 0.6) is 0 Å². The summed E-state index contributed by atoms with van der Waals surface area (Å²) in [7, 11) is 0. The molecule has 1 aromatic rings. The van der Waals surface area contributed by atoms with Crippen LogP contribution in [0.3, 0.4) is 0 Å². The van der Waals surface area contributed by atoms with Crippen LogP contribution in [0.15, 0.2) is 35.9 Å². The minimum Gasteiger partial charge on any atom is -0.462 e. The summed E-state index contributed by atoms with van der Waals surface area (Å²) in [6.45, 7) is 8.82.